The first-order chi connectivity index (χ1) is 8.18. The Kier molecular flexibility index (Phi) is 3.47. The summed E-state index contributed by atoms with van der Waals surface area (Å²) in [6.45, 7) is 5.26. The Morgan fingerprint density at radius 2 is 2.06 bits per heavy atom. The van der Waals surface area contributed by atoms with Gasteiger partial charge < -0.3 is 10.3 Å². The molecule has 1 aromatic carbocycles. The first-order valence-corrected chi connectivity index (χ1v) is 6.03. The molecule has 2 N–H and O–H groups in total. The van der Waals surface area contributed by atoms with Crippen LogP contribution in [0, 0.1) is 0 Å². The monoisotopic (exact) mass is 229 g/mol. The fraction of sp³-hybridized carbons (Fsp3) is 0.357. The second-order valence-corrected chi connectivity index (χ2v) is 4.58. The molecule has 0 radical (unpaired) electrons. The van der Waals surface area contributed by atoms with Crippen LogP contribution < -0.4 is 5.73 Å². The van der Waals surface area contributed by atoms with Crippen molar-refractivity contribution in [2.24, 2.45) is 0 Å². The number of rotatable bonds is 4. The number of nitrogen functional groups attached to an aromatic ring is 1. The highest BCUT2D eigenvalue weighted by Crippen LogP contribution is 2.15. The Morgan fingerprint density at radius 1 is 1.29 bits per heavy atom. The van der Waals surface area contributed by atoms with Crippen molar-refractivity contribution >= 4 is 5.69 Å². The first kappa shape index (κ1) is 11.7. The zero-order chi connectivity index (χ0) is 12.3. The number of nitrogens with zero attached hydrogens (tertiary/aromatic N) is 2. The molecule has 1 aromatic heterocycles. The van der Waals surface area contributed by atoms with Crippen LogP contribution in [-0.2, 0) is 13.0 Å². The topological polar surface area (TPSA) is 43.8 Å². The summed E-state index contributed by atoms with van der Waals surface area (Å²) in [4.78, 5) is 4.38. The van der Waals surface area contributed by atoms with E-state index in [-0.39, 0.29) is 0 Å². The summed E-state index contributed by atoms with van der Waals surface area (Å²) in [6.07, 6.45) is 4.85. The van der Waals surface area contributed by atoms with Crippen molar-refractivity contribution < 1.29 is 0 Å². The van der Waals surface area contributed by atoms with Gasteiger partial charge in [0, 0.05) is 30.5 Å². The van der Waals surface area contributed by atoms with E-state index in [0.29, 0.717) is 5.92 Å². The molecule has 0 saturated carbocycles. The van der Waals surface area contributed by atoms with E-state index in [9.17, 15) is 0 Å². The average Bonchev–Trinajstić information content (AvgIpc) is 2.76. The van der Waals surface area contributed by atoms with Crippen LogP contribution in [-0.4, -0.2) is 9.55 Å². The number of hydrogen-bond acceptors (Lipinski definition) is 2. The highest BCUT2D eigenvalue weighted by Gasteiger charge is 2.07. The maximum absolute atomic E-state index is 5.93. The fourth-order valence-corrected chi connectivity index (χ4v) is 2.01. The lowest BCUT2D eigenvalue weighted by molar-refractivity contribution is 0.620. The van der Waals surface area contributed by atoms with E-state index in [0.717, 1.165) is 24.5 Å². The Bertz CT molecular complexity index is 486. The Balaban J connectivity index is 2.08. The SMILES string of the molecule is CC(C)c1nccn1CCc1ccccc1N. The summed E-state index contributed by atoms with van der Waals surface area (Å²) in [5.41, 5.74) is 8.01. The number of benzene rings is 1. The Hall–Kier alpha value is -1.77. The van der Waals surface area contributed by atoms with Crippen molar-refractivity contribution in [3.05, 3.63) is 48.0 Å². The van der Waals surface area contributed by atoms with Crippen LogP contribution in [0.3, 0.4) is 0 Å². The van der Waals surface area contributed by atoms with Gasteiger partial charge in [0.05, 0.1) is 0 Å². The lowest BCUT2D eigenvalue weighted by Crippen LogP contribution is -2.07. The number of para-hydroxylation sites is 1. The van der Waals surface area contributed by atoms with E-state index in [1.54, 1.807) is 0 Å². The predicted octanol–water partition coefficient (Wildman–Crippen LogP) is 2.83. The molecule has 3 nitrogen and oxygen atoms in total. The normalized spacial score (nSPS) is 11.0. The summed E-state index contributed by atoms with van der Waals surface area (Å²) < 4.78 is 2.21. The lowest BCUT2D eigenvalue weighted by atomic mass is 10.1. The molecule has 0 atom stereocenters. The van der Waals surface area contributed by atoms with Crippen LogP contribution in [0.5, 0.6) is 0 Å². The van der Waals surface area contributed by atoms with E-state index in [4.69, 9.17) is 5.73 Å². The molecule has 1 heterocycles. The zero-order valence-corrected chi connectivity index (χ0v) is 10.4. The van der Waals surface area contributed by atoms with Crippen molar-refractivity contribution in [2.75, 3.05) is 5.73 Å². The molecule has 0 spiro atoms. The molecule has 0 unspecified atom stereocenters. The van der Waals surface area contributed by atoms with Crippen LogP contribution in [0.2, 0.25) is 0 Å². The lowest BCUT2D eigenvalue weighted by Gasteiger charge is -2.11. The zero-order valence-electron chi connectivity index (χ0n) is 10.4. The van der Waals surface area contributed by atoms with E-state index in [1.165, 1.54) is 5.56 Å². The molecule has 0 bridgehead atoms. The van der Waals surface area contributed by atoms with E-state index >= 15 is 0 Å². The molecule has 2 aromatic rings. The maximum Gasteiger partial charge on any atom is 0.111 e. The Morgan fingerprint density at radius 3 is 2.76 bits per heavy atom. The summed E-state index contributed by atoms with van der Waals surface area (Å²) in [5, 5.41) is 0. The molecule has 0 fully saturated rings. The van der Waals surface area contributed by atoms with Gasteiger partial charge in [0.15, 0.2) is 0 Å². The number of aryl methyl sites for hydroxylation is 2. The minimum atomic E-state index is 0.457. The minimum absolute atomic E-state index is 0.457. The quantitative estimate of drug-likeness (QED) is 0.819. The van der Waals surface area contributed by atoms with Gasteiger partial charge in [-0.2, -0.15) is 0 Å². The second-order valence-electron chi connectivity index (χ2n) is 4.58. The van der Waals surface area contributed by atoms with Crippen LogP contribution in [0.15, 0.2) is 36.7 Å². The van der Waals surface area contributed by atoms with Crippen LogP contribution in [0.25, 0.3) is 0 Å². The van der Waals surface area contributed by atoms with Crippen LogP contribution in [0.1, 0.15) is 31.2 Å². The number of aromatic nitrogens is 2. The molecule has 0 aliphatic rings. The molecule has 90 valence electrons. The summed E-state index contributed by atoms with van der Waals surface area (Å²) in [7, 11) is 0. The van der Waals surface area contributed by atoms with Crippen molar-refractivity contribution in [3.8, 4) is 0 Å². The highest BCUT2D eigenvalue weighted by molar-refractivity contribution is 5.46. The molecule has 0 aliphatic heterocycles. The third-order valence-corrected chi connectivity index (χ3v) is 2.94. The van der Waals surface area contributed by atoms with Gasteiger partial charge in [-0.3, -0.25) is 0 Å². The minimum Gasteiger partial charge on any atom is -0.399 e. The maximum atomic E-state index is 5.93. The molecule has 0 aliphatic carbocycles. The average molecular weight is 229 g/mol. The number of anilines is 1. The van der Waals surface area contributed by atoms with Crippen LogP contribution >= 0.6 is 0 Å². The predicted molar refractivity (Wildman–Crippen MR) is 70.9 cm³/mol. The van der Waals surface area contributed by atoms with Crippen molar-refractivity contribution in [3.63, 3.8) is 0 Å². The largest absolute Gasteiger partial charge is 0.399 e. The van der Waals surface area contributed by atoms with Gasteiger partial charge in [0.1, 0.15) is 5.82 Å². The third kappa shape index (κ3) is 2.67. The molecule has 0 saturated heterocycles. The molecule has 2 rings (SSSR count). The number of imidazole rings is 1. The van der Waals surface area contributed by atoms with E-state index < -0.39 is 0 Å². The summed E-state index contributed by atoms with van der Waals surface area (Å²) >= 11 is 0. The Labute approximate surface area is 102 Å². The van der Waals surface area contributed by atoms with Gasteiger partial charge >= 0.3 is 0 Å². The van der Waals surface area contributed by atoms with Gasteiger partial charge in [0.25, 0.3) is 0 Å². The van der Waals surface area contributed by atoms with E-state index in [2.05, 4.69) is 29.5 Å². The van der Waals surface area contributed by atoms with Gasteiger partial charge in [-0.05, 0) is 18.1 Å². The van der Waals surface area contributed by atoms with Gasteiger partial charge in [-0.15, -0.1) is 0 Å². The smallest absolute Gasteiger partial charge is 0.111 e. The molecular weight excluding hydrogens is 210 g/mol. The van der Waals surface area contributed by atoms with Crippen molar-refractivity contribution in [2.45, 2.75) is 32.7 Å². The van der Waals surface area contributed by atoms with Crippen molar-refractivity contribution in [1.82, 2.24) is 9.55 Å². The standard InChI is InChI=1S/C14H19N3/c1-11(2)14-16-8-10-17(14)9-7-12-5-3-4-6-13(12)15/h3-6,8,10-11H,7,9,15H2,1-2H3. The third-order valence-electron chi connectivity index (χ3n) is 2.94. The molecule has 0 amide bonds. The van der Waals surface area contributed by atoms with Gasteiger partial charge in [0.2, 0.25) is 0 Å². The van der Waals surface area contributed by atoms with Gasteiger partial charge in [-0.1, -0.05) is 32.0 Å². The summed E-state index contributed by atoms with van der Waals surface area (Å²) in [5.74, 6) is 1.60. The molecule has 3 heteroatoms. The van der Waals surface area contributed by atoms with Crippen LogP contribution in [0.4, 0.5) is 5.69 Å². The number of hydrogen-bond donors (Lipinski definition) is 1. The van der Waals surface area contributed by atoms with Crippen molar-refractivity contribution in [1.29, 1.82) is 0 Å². The van der Waals surface area contributed by atoms with Gasteiger partial charge in [-0.25, -0.2) is 4.98 Å². The molecule has 17 heavy (non-hydrogen) atoms. The first-order valence-electron chi connectivity index (χ1n) is 6.03. The fourth-order valence-electron chi connectivity index (χ4n) is 2.01. The van der Waals surface area contributed by atoms with E-state index in [1.807, 2.05) is 30.6 Å². The highest BCUT2D eigenvalue weighted by atomic mass is 15.1. The second kappa shape index (κ2) is 5.04. The molecular formula is C14H19N3. The summed E-state index contributed by atoms with van der Waals surface area (Å²) in [6, 6.07) is 8.03. The number of nitrogens with two attached hydrogens (primary N) is 1.